The number of methoxy groups -OCH3 is 1. The minimum Gasteiger partial charge on any atom is -0.492 e. The number of hydrogen-bond donors (Lipinski definition) is 1. The molecule has 1 aromatic rings. The van der Waals surface area contributed by atoms with E-state index in [1.807, 2.05) is 12.1 Å². The summed E-state index contributed by atoms with van der Waals surface area (Å²) in [6, 6.07) is 7.38. The number of rotatable bonds is 6. The van der Waals surface area contributed by atoms with Crippen LogP contribution in [0.2, 0.25) is 5.02 Å². The first-order chi connectivity index (χ1) is 11.6. The van der Waals surface area contributed by atoms with Gasteiger partial charge in [0.25, 0.3) is 0 Å². The van der Waals surface area contributed by atoms with Crippen LogP contribution in [0.5, 0.6) is 5.75 Å². The van der Waals surface area contributed by atoms with Gasteiger partial charge in [-0.15, -0.1) is 0 Å². The molecule has 1 heterocycles. The monoisotopic (exact) mass is 354 g/mol. The smallest absolute Gasteiger partial charge is 0.409 e. The Bertz CT molecular complexity index is 559. The maximum absolute atomic E-state index is 12.0. The molecule has 6 nitrogen and oxygen atoms in total. The summed E-state index contributed by atoms with van der Waals surface area (Å²) >= 11 is 6.00. The molecule has 0 atom stereocenters. The average molecular weight is 355 g/mol. The lowest BCUT2D eigenvalue weighted by Gasteiger charge is -2.31. The third kappa shape index (κ3) is 5.60. The highest BCUT2D eigenvalue weighted by Crippen LogP contribution is 2.23. The van der Waals surface area contributed by atoms with Crippen molar-refractivity contribution in [2.75, 3.05) is 26.8 Å². The molecule has 0 saturated carbocycles. The van der Waals surface area contributed by atoms with Gasteiger partial charge in [-0.3, -0.25) is 4.79 Å². The van der Waals surface area contributed by atoms with Crippen molar-refractivity contribution >= 4 is 23.6 Å². The summed E-state index contributed by atoms with van der Waals surface area (Å²) in [7, 11) is 1.38. The van der Waals surface area contributed by atoms with E-state index in [1.54, 1.807) is 17.0 Å². The molecule has 1 aromatic carbocycles. The fraction of sp³-hybridized carbons (Fsp3) is 0.529. The Hall–Kier alpha value is -1.95. The fourth-order valence-corrected chi connectivity index (χ4v) is 2.80. The fourth-order valence-electron chi connectivity index (χ4n) is 2.61. The van der Waals surface area contributed by atoms with Gasteiger partial charge in [0.15, 0.2) is 0 Å². The lowest BCUT2D eigenvalue weighted by atomic mass is 10.1. The molecule has 7 heteroatoms. The molecule has 2 amide bonds. The summed E-state index contributed by atoms with van der Waals surface area (Å²) in [5.74, 6) is 0.643. The molecule has 0 spiro atoms. The molecule has 1 saturated heterocycles. The van der Waals surface area contributed by atoms with Crippen molar-refractivity contribution in [3.63, 3.8) is 0 Å². The number of carbonyl (C=O) groups is 2. The van der Waals surface area contributed by atoms with Crippen molar-refractivity contribution in [1.29, 1.82) is 0 Å². The lowest BCUT2D eigenvalue weighted by Crippen LogP contribution is -2.46. The number of para-hydroxylation sites is 1. The Morgan fingerprint density at radius 1 is 1.29 bits per heavy atom. The van der Waals surface area contributed by atoms with E-state index in [4.69, 9.17) is 21.1 Å². The van der Waals surface area contributed by atoms with Gasteiger partial charge in [-0.2, -0.15) is 0 Å². The maximum atomic E-state index is 12.0. The zero-order valence-electron chi connectivity index (χ0n) is 13.8. The first kappa shape index (κ1) is 18.4. The van der Waals surface area contributed by atoms with Crippen LogP contribution in [0, 0.1) is 0 Å². The number of carbonyl (C=O) groups excluding carboxylic acids is 2. The zero-order chi connectivity index (χ0) is 17.4. The number of nitrogens with one attached hydrogen (secondary N) is 1. The molecule has 0 aliphatic carbocycles. The number of piperidine rings is 1. The Balaban J connectivity index is 1.60. The second kappa shape index (κ2) is 9.37. The molecule has 0 aromatic heterocycles. The summed E-state index contributed by atoms with van der Waals surface area (Å²) in [4.78, 5) is 25.0. The Morgan fingerprint density at radius 3 is 2.67 bits per heavy atom. The Morgan fingerprint density at radius 2 is 2.00 bits per heavy atom. The second-order valence-electron chi connectivity index (χ2n) is 5.68. The highest BCUT2D eigenvalue weighted by Gasteiger charge is 2.23. The number of halogens is 1. The van der Waals surface area contributed by atoms with E-state index in [1.165, 1.54) is 7.11 Å². The molecule has 0 radical (unpaired) electrons. The van der Waals surface area contributed by atoms with E-state index >= 15 is 0 Å². The van der Waals surface area contributed by atoms with Gasteiger partial charge in [0.05, 0.1) is 18.7 Å². The SMILES string of the molecule is COC(=O)N1CCC(NC(=O)CCCOc2ccccc2Cl)CC1. The van der Waals surface area contributed by atoms with Gasteiger partial charge in [-0.05, 0) is 31.4 Å². The van der Waals surface area contributed by atoms with Crippen LogP contribution in [0.3, 0.4) is 0 Å². The Labute approximate surface area is 147 Å². The first-order valence-electron chi connectivity index (χ1n) is 8.09. The summed E-state index contributed by atoms with van der Waals surface area (Å²) in [5, 5.41) is 3.58. The van der Waals surface area contributed by atoms with Crippen molar-refractivity contribution in [2.24, 2.45) is 0 Å². The van der Waals surface area contributed by atoms with E-state index < -0.39 is 0 Å². The molecular formula is C17H23ClN2O4. The Kier molecular flexibility index (Phi) is 7.18. The number of likely N-dealkylation sites (tertiary alicyclic amines) is 1. The number of benzene rings is 1. The molecule has 1 aliphatic heterocycles. The van der Waals surface area contributed by atoms with Crippen molar-refractivity contribution in [3.05, 3.63) is 29.3 Å². The van der Waals surface area contributed by atoms with Crippen LogP contribution >= 0.6 is 11.6 Å². The van der Waals surface area contributed by atoms with E-state index in [2.05, 4.69) is 5.32 Å². The maximum Gasteiger partial charge on any atom is 0.409 e. The molecule has 0 unspecified atom stereocenters. The number of nitrogens with zero attached hydrogens (tertiary/aromatic N) is 1. The third-order valence-electron chi connectivity index (χ3n) is 3.94. The van der Waals surface area contributed by atoms with Gasteiger partial charge in [-0.1, -0.05) is 23.7 Å². The summed E-state index contributed by atoms with van der Waals surface area (Å²) < 4.78 is 10.3. The van der Waals surface area contributed by atoms with E-state index in [9.17, 15) is 9.59 Å². The predicted molar refractivity (Wildman–Crippen MR) is 91.3 cm³/mol. The number of hydrogen-bond acceptors (Lipinski definition) is 4. The first-order valence-corrected chi connectivity index (χ1v) is 8.47. The average Bonchev–Trinajstić information content (AvgIpc) is 2.60. The van der Waals surface area contributed by atoms with Gasteiger partial charge in [0.2, 0.25) is 5.91 Å². The van der Waals surface area contributed by atoms with E-state index in [-0.39, 0.29) is 18.0 Å². The van der Waals surface area contributed by atoms with Crippen LogP contribution in [0.4, 0.5) is 4.79 Å². The minimum atomic E-state index is -0.309. The van der Waals surface area contributed by atoms with Gasteiger partial charge in [0, 0.05) is 25.6 Å². The van der Waals surface area contributed by atoms with Gasteiger partial charge < -0.3 is 19.7 Å². The van der Waals surface area contributed by atoms with Crippen molar-refractivity contribution in [1.82, 2.24) is 10.2 Å². The van der Waals surface area contributed by atoms with Gasteiger partial charge >= 0.3 is 6.09 Å². The second-order valence-corrected chi connectivity index (χ2v) is 6.09. The summed E-state index contributed by atoms with van der Waals surface area (Å²) in [5.41, 5.74) is 0. The van der Waals surface area contributed by atoms with Crippen LogP contribution in [0.25, 0.3) is 0 Å². The molecule has 0 bridgehead atoms. The topological polar surface area (TPSA) is 67.9 Å². The van der Waals surface area contributed by atoms with Crippen molar-refractivity contribution in [2.45, 2.75) is 31.7 Å². The van der Waals surface area contributed by atoms with Crippen LogP contribution in [-0.4, -0.2) is 49.7 Å². The quantitative estimate of drug-likeness (QED) is 0.798. The number of ether oxygens (including phenoxy) is 2. The van der Waals surface area contributed by atoms with E-state index in [0.717, 1.165) is 12.8 Å². The summed E-state index contributed by atoms with van der Waals surface area (Å²) in [6.45, 7) is 1.65. The normalized spacial score (nSPS) is 15.0. The zero-order valence-corrected chi connectivity index (χ0v) is 14.6. The highest BCUT2D eigenvalue weighted by atomic mass is 35.5. The standard InChI is InChI=1S/C17H23ClN2O4/c1-23-17(22)20-10-8-13(9-11-20)19-16(21)7-4-12-24-15-6-3-2-5-14(15)18/h2-3,5-6,13H,4,7-12H2,1H3,(H,19,21). The highest BCUT2D eigenvalue weighted by molar-refractivity contribution is 6.32. The van der Waals surface area contributed by atoms with E-state index in [0.29, 0.717) is 43.3 Å². The van der Waals surface area contributed by atoms with Crippen LogP contribution in [0.15, 0.2) is 24.3 Å². The largest absolute Gasteiger partial charge is 0.492 e. The van der Waals surface area contributed by atoms with Gasteiger partial charge in [0.1, 0.15) is 5.75 Å². The molecular weight excluding hydrogens is 332 g/mol. The van der Waals surface area contributed by atoms with Crippen LogP contribution < -0.4 is 10.1 Å². The molecule has 1 N–H and O–H groups in total. The summed E-state index contributed by atoms with van der Waals surface area (Å²) in [6.07, 6.45) is 2.21. The van der Waals surface area contributed by atoms with Gasteiger partial charge in [-0.25, -0.2) is 4.79 Å². The van der Waals surface area contributed by atoms with Crippen LogP contribution in [-0.2, 0) is 9.53 Å². The predicted octanol–water partition coefficient (Wildman–Crippen LogP) is 2.85. The lowest BCUT2D eigenvalue weighted by molar-refractivity contribution is -0.122. The third-order valence-corrected chi connectivity index (χ3v) is 4.25. The molecule has 24 heavy (non-hydrogen) atoms. The van der Waals surface area contributed by atoms with Crippen molar-refractivity contribution < 1.29 is 19.1 Å². The number of amides is 2. The molecule has 1 aliphatic rings. The molecule has 2 rings (SSSR count). The molecule has 132 valence electrons. The van der Waals surface area contributed by atoms with Crippen molar-refractivity contribution in [3.8, 4) is 5.75 Å². The minimum absolute atomic E-state index is 0.00859. The molecule has 1 fully saturated rings. The van der Waals surface area contributed by atoms with Crippen LogP contribution in [0.1, 0.15) is 25.7 Å².